The zero-order valence-corrected chi connectivity index (χ0v) is 14.7. The number of para-hydroxylation sites is 1. The van der Waals surface area contributed by atoms with Crippen LogP contribution in [0.1, 0.15) is 25.7 Å². The minimum Gasteiger partial charge on any atom is -0.336 e. The molecule has 2 fully saturated rings. The standard InChI is InChI=1S/C19H23N5O2/c25-18-14-22(12-13-23(18)15-6-4-5-7-15)19(26)21-17-10-11-20-24(17)16-8-2-1-3-9-16/h1-3,8-11,15H,4-7,12-14H2,(H,21,26). The Bertz CT molecular complexity index is 782. The number of piperazine rings is 1. The van der Waals surface area contributed by atoms with E-state index in [0.29, 0.717) is 24.9 Å². The van der Waals surface area contributed by atoms with Crippen LogP contribution in [0.25, 0.3) is 5.69 Å². The normalized spacial score (nSPS) is 18.4. The lowest BCUT2D eigenvalue weighted by molar-refractivity contribution is -0.137. The first-order chi connectivity index (χ1) is 12.7. The van der Waals surface area contributed by atoms with E-state index in [9.17, 15) is 9.59 Å². The van der Waals surface area contributed by atoms with Crippen molar-refractivity contribution >= 4 is 17.8 Å². The fourth-order valence-corrected chi connectivity index (χ4v) is 3.82. The highest BCUT2D eigenvalue weighted by atomic mass is 16.2. The molecule has 7 nitrogen and oxygen atoms in total. The summed E-state index contributed by atoms with van der Waals surface area (Å²) in [5.74, 6) is 0.640. The van der Waals surface area contributed by atoms with Crippen LogP contribution in [0.4, 0.5) is 10.6 Å². The Morgan fingerprint density at radius 1 is 1.08 bits per heavy atom. The predicted octanol–water partition coefficient (Wildman–Crippen LogP) is 2.49. The van der Waals surface area contributed by atoms with E-state index in [4.69, 9.17) is 0 Å². The third-order valence-electron chi connectivity index (χ3n) is 5.19. The van der Waals surface area contributed by atoms with Gasteiger partial charge in [0.2, 0.25) is 5.91 Å². The molecule has 1 aliphatic heterocycles. The first-order valence-corrected chi connectivity index (χ1v) is 9.17. The zero-order valence-electron chi connectivity index (χ0n) is 14.7. The molecular formula is C19H23N5O2. The number of benzene rings is 1. The van der Waals surface area contributed by atoms with Crippen LogP contribution in [0, 0.1) is 0 Å². The molecule has 0 radical (unpaired) electrons. The monoisotopic (exact) mass is 353 g/mol. The van der Waals surface area contributed by atoms with Crippen LogP contribution in [0.3, 0.4) is 0 Å². The highest BCUT2D eigenvalue weighted by molar-refractivity contribution is 5.92. The Kier molecular flexibility index (Phi) is 4.60. The van der Waals surface area contributed by atoms with E-state index >= 15 is 0 Å². The van der Waals surface area contributed by atoms with Crippen molar-refractivity contribution in [1.82, 2.24) is 19.6 Å². The number of carbonyl (C=O) groups is 2. The van der Waals surface area contributed by atoms with Gasteiger partial charge in [-0.05, 0) is 25.0 Å². The number of amides is 3. The summed E-state index contributed by atoms with van der Waals surface area (Å²) in [6, 6.07) is 11.5. The summed E-state index contributed by atoms with van der Waals surface area (Å²) in [5.41, 5.74) is 0.870. The van der Waals surface area contributed by atoms with Crippen molar-refractivity contribution in [1.29, 1.82) is 0 Å². The predicted molar refractivity (Wildman–Crippen MR) is 98.1 cm³/mol. The molecule has 26 heavy (non-hydrogen) atoms. The number of rotatable bonds is 3. The molecule has 0 atom stereocenters. The molecule has 2 aromatic rings. The number of hydrogen-bond acceptors (Lipinski definition) is 3. The Labute approximate surface area is 152 Å². The summed E-state index contributed by atoms with van der Waals surface area (Å²) in [6.07, 6.45) is 6.22. The van der Waals surface area contributed by atoms with Crippen LogP contribution in [-0.4, -0.2) is 57.2 Å². The van der Waals surface area contributed by atoms with Crippen molar-refractivity contribution in [2.75, 3.05) is 25.0 Å². The molecule has 1 aliphatic carbocycles. The van der Waals surface area contributed by atoms with Gasteiger partial charge in [-0.25, -0.2) is 9.48 Å². The van der Waals surface area contributed by atoms with Crippen LogP contribution in [-0.2, 0) is 4.79 Å². The van der Waals surface area contributed by atoms with E-state index in [1.807, 2.05) is 35.2 Å². The van der Waals surface area contributed by atoms with E-state index in [1.54, 1.807) is 21.8 Å². The van der Waals surface area contributed by atoms with Crippen molar-refractivity contribution in [3.8, 4) is 5.69 Å². The fraction of sp³-hybridized carbons (Fsp3) is 0.421. The van der Waals surface area contributed by atoms with Crippen LogP contribution < -0.4 is 5.32 Å². The molecule has 2 heterocycles. The molecule has 4 rings (SSSR count). The zero-order chi connectivity index (χ0) is 17.9. The number of urea groups is 1. The summed E-state index contributed by atoms with van der Waals surface area (Å²) >= 11 is 0. The quantitative estimate of drug-likeness (QED) is 0.922. The number of nitrogens with zero attached hydrogens (tertiary/aromatic N) is 4. The van der Waals surface area contributed by atoms with Crippen molar-refractivity contribution < 1.29 is 9.59 Å². The van der Waals surface area contributed by atoms with Gasteiger partial charge in [-0.15, -0.1) is 0 Å². The largest absolute Gasteiger partial charge is 0.336 e. The molecule has 7 heteroatoms. The molecule has 1 saturated heterocycles. The average Bonchev–Trinajstić information content (AvgIpc) is 3.34. The van der Waals surface area contributed by atoms with Gasteiger partial charge < -0.3 is 9.80 Å². The summed E-state index contributed by atoms with van der Waals surface area (Å²) in [6.45, 7) is 1.32. The third-order valence-corrected chi connectivity index (χ3v) is 5.19. The van der Waals surface area contributed by atoms with E-state index in [0.717, 1.165) is 18.5 Å². The minimum absolute atomic E-state index is 0.0508. The molecule has 136 valence electrons. The van der Waals surface area contributed by atoms with E-state index in [2.05, 4.69) is 10.4 Å². The molecule has 1 N–H and O–H groups in total. The lowest BCUT2D eigenvalue weighted by atomic mass is 10.2. The van der Waals surface area contributed by atoms with Crippen molar-refractivity contribution in [2.45, 2.75) is 31.7 Å². The molecule has 1 aromatic heterocycles. The average molecular weight is 353 g/mol. The number of anilines is 1. The molecule has 3 amide bonds. The Hall–Kier alpha value is -2.83. The van der Waals surface area contributed by atoms with Crippen LogP contribution in [0.5, 0.6) is 0 Å². The van der Waals surface area contributed by atoms with Gasteiger partial charge in [-0.1, -0.05) is 31.0 Å². The summed E-state index contributed by atoms with van der Waals surface area (Å²) in [5, 5.41) is 7.15. The second kappa shape index (κ2) is 7.19. The maximum atomic E-state index is 12.6. The van der Waals surface area contributed by atoms with Crippen molar-refractivity contribution in [3.63, 3.8) is 0 Å². The molecule has 1 aromatic carbocycles. The number of hydrogen-bond donors (Lipinski definition) is 1. The van der Waals surface area contributed by atoms with Gasteiger partial charge in [0.15, 0.2) is 0 Å². The summed E-state index contributed by atoms with van der Waals surface area (Å²) in [4.78, 5) is 28.6. The van der Waals surface area contributed by atoms with Crippen LogP contribution in [0.15, 0.2) is 42.6 Å². The molecule has 0 unspecified atom stereocenters. The SMILES string of the molecule is O=C(Nc1ccnn1-c1ccccc1)N1CCN(C2CCCC2)C(=O)C1. The van der Waals surface area contributed by atoms with E-state index in [-0.39, 0.29) is 18.5 Å². The van der Waals surface area contributed by atoms with Gasteiger partial charge in [0.1, 0.15) is 12.4 Å². The Morgan fingerprint density at radius 3 is 2.58 bits per heavy atom. The van der Waals surface area contributed by atoms with Gasteiger partial charge in [0.05, 0.1) is 11.9 Å². The topological polar surface area (TPSA) is 70.5 Å². The summed E-state index contributed by atoms with van der Waals surface area (Å²) in [7, 11) is 0. The number of carbonyl (C=O) groups excluding carboxylic acids is 2. The van der Waals surface area contributed by atoms with Crippen molar-refractivity contribution in [2.24, 2.45) is 0 Å². The van der Waals surface area contributed by atoms with E-state index < -0.39 is 0 Å². The Balaban J connectivity index is 1.41. The smallest absolute Gasteiger partial charge is 0.323 e. The maximum absolute atomic E-state index is 12.6. The van der Waals surface area contributed by atoms with Gasteiger partial charge in [0.25, 0.3) is 0 Å². The van der Waals surface area contributed by atoms with Crippen LogP contribution >= 0.6 is 0 Å². The fourth-order valence-electron chi connectivity index (χ4n) is 3.82. The number of nitrogens with one attached hydrogen (secondary N) is 1. The lowest BCUT2D eigenvalue weighted by Crippen LogP contribution is -2.55. The highest BCUT2D eigenvalue weighted by Crippen LogP contribution is 2.25. The highest BCUT2D eigenvalue weighted by Gasteiger charge is 2.33. The maximum Gasteiger partial charge on any atom is 0.323 e. The molecule has 1 saturated carbocycles. The lowest BCUT2D eigenvalue weighted by Gasteiger charge is -2.37. The molecular weight excluding hydrogens is 330 g/mol. The second-order valence-electron chi connectivity index (χ2n) is 6.84. The number of aromatic nitrogens is 2. The van der Waals surface area contributed by atoms with Gasteiger partial charge in [-0.3, -0.25) is 10.1 Å². The molecule has 0 bridgehead atoms. The van der Waals surface area contributed by atoms with E-state index in [1.165, 1.54) is 12.8 Å². The first kappa shape index (κ1) is 16.6. The third kappa shape index (κ3) is 3.29. The second-order valence-corrected chi connectivity index (χ2v) is 6.84. The van der Waals surface area contributed by atoms with Crippen molar-refractivity contribution in [3.05, 3.63) is 42.6 Å². The van der Waals surface area contributed by atoms with Crippen LogP contribution in [0.2, 0.25) is 0 Å². The van der Waals surface area contributed by atoms with Gasteiger partial charge in [0, 0.05) is 25.2 Å². The first-order valence-electron chi connectivity index (χ1n) is 9.17. The van der Waals surface area contributed by atoms with Gasteiger partial charge >= 0.3 is 6.03 Å². The molecule has 0 spiro atoms. The Morgan fingerprint density at radius 2 is 1.85 bits per heavy atom. The molecule has 2 aliphatic rings. The minimum atomic E-state index is -0.262. The summed E-state index contributed by atoms with van der Waals surface area (Å²) < 4.78 is 1.68. The van der Waals surface area contributed by atoms with Gasteiger partial charge in [-0.2, -0.15) is 5.10 Å².